The molecule has 1 aromatic carbocycles. The van der Waals surface area contributed by atoms with E-state index in [0.29, 0.717) is 23.4 Å². The van der Waals surface area contributed by atoms with E-state index < -0.39 is 12.6 Å². The zero-order chi connectivity index (χ0) is 13.9. The van der Waals surface area contributed by atoms with Gasteiger partial charge in [-0.05, 0) is 31.0 Å². The van der Waals surface area contributed by atoms with Gasteiger partial charge in [-0.3, -0.25) is 0 Å². The van der Waals surface area contributed by atoms with Gasteiger partial charge in [0, 0.05) is 23.2 Å². The molecule has 0 saturated heterocycles. The van der Waals surface area contributed by atoms with Crippen molar-refractivity contribution >= 4 is 11.6 Å². The fourth-order valence-electron chi connectivity index (χ4n) is 1.65. The van der Waals surface area contributed by atoms with Crippen molar-refractivity contribution in [3.63, 3.8) is 0 Å². The molecule has 0 heterocycles. The minimum Gasteiger partial charge on any atom is -0.493 e. The van der Waals surface area contributed by atoms with Crippen molar-refractivity contribution in [1.29, 1.82) is 0 Å². The van der Waals surface area contributed by atoms with Crippen molar-refractivity contribution in [3.05, 3.63) is 28.8 Å². The number of hydrogen-bond donors (Lipinski definition) is 1. The van der Waals surface area contributed by atoms with Crippen LogP contribution in [0, 0.1) is 0 Å². The van der Waals surface area contributed by atoms with Crippen molar-refractivity contribution in [2.24, 2.45) is 0 Å². The van der Waals surface area contributed by atoms with Crippen LogP contribution in [0.3, 0.4) is 0 Å². The van der Waals surface area contributed by atoms with Crippen LogP contribution in [-0.4, -0.2) is 18.8 Å². The van der Waals surface area contributed by atoms with Gasteiger partial charge in [0.1, 0.15) is 5.75 Å². The topological polar surface area (TPSA) is 21.3 Å². The maximum absolute atomic E-state index is 12.1. The van der Waals surface area contributed by atoms with Gasteiger partial charge < -0.3 is 10.1 Å². The molecule has 0 atom stereocenters. The van der Waals surface area contributed by atoms with E-state index in [2.05, 4.69) is 5.32 Å². The van der Waals surface area contributed by atoms with Crippen LogP contribution in [-0.2, 0) is 6.54 Å². The van der Waals surface area contributed by atoms with Crippen molar-refractivity contribution < 1.29 is 17.9 Å². The van der Waals surface area contributed by atoms with Crippen LogP contribution >= 0.6 is 11.6 Å². The number of nitrogens with one attached hydrogen (secondary N) is 1. The third-order valence-corrected chi connectivity index (χ3v) is 3.06. The molecule has 0 amide bonds. The number of hydrogen-bond acceptors (Lipinski definition) is 2. The third kappa shape index (κ3) is 5.28. The van der Waals surface area contributed by atoms with Crippen LogP contribution in [0.4, 0.5) is 13.2 Å². The van der Waals surface area contributed by atoms with Crippen molar-refractivity contribution in [1.82, 2.24) is 5.32 Å². The van der Waals surface area contributed by atoms with E-state index in [1.807, 2.05) is 0 Å². The van der Waals surface area contributed by atoms with Gasteiger partial charge in [-0.2, -0.15) is 13.2 Å². The van der Waals surface area contributed by atoms with E-state index in [-0.39, 0.29) is 6.61 Å². The molecule has 1 fully saturated rings. The number of rotatable bonds is 6. The lowest BCUT2D eigenvalue weighted by Crippen LogP contribution is -2.17. The van der Waals surface area contributed by atoms with Gasteiger partial charge in [-0.1, -0.05) is 11.6 Å². The summed E-state index contributed by atoms with van der Waals surface area (Å²) in [4.78, 5) is 0. The molecule has 6 heteroatoms. The minimum absolute atomic E-state index is 0.373. The van der Waals surface area contributed by atoms with Crippen LogP contribution in [0.15, 0.2) is 18.2 Å². The molecule has 1 aromatic rings. The maximum atomic E-state index is 12.1. The Morgan fingerprint density at radius 3 is 2.68 bits per heavy atom. The van der Waals surface area contributed by atoms with Gasteiger partial charge in [-0.15, -0.1) is 0 Å². The first-order valence-electron chi connectivity index (χ1n) is 6.15. The summed E-state index contributed by atoms with van der Waals surface area (Å²) >= 11 is 5.89. The molecule has 2 rings (SSSR count). The van der Waals surface area contributed by atoms with Crippen molar-refractivity contribution in [2.75, 3.05) is 6.61 Å². The SMILES string of the molecule is FC(F)(F)CCOc1ccc(Cl)cc1CNC1CC1. The molecule has 1 aliphatic rings. The molecule has 106 valence electrons. The number of benzene rings is 1. The molecule has 19 heavy (non-hydrogen) atoms. The Balaban J connectivity index is 1.93. The molecule has 0 aromatic heterocycles. The fraction of sp³-hybridized carbons (Fsp3) is 0.538. The van der Waals surface area contributed by atoms with Crippen molar-refractivity contribution in [3.8, 4) is 5.75 Å². The first-order chi connectivity index (χ1) is 8.94. The average Bonchev–Trinajstić information content (AvgIpc) is 3.11. The lowest BCUT2D eigenvalue weighted by atomic mass is 10.2. The second kappa shape index (κ2) is 6.01. The molecule has 1 N–H and O–H groups in total. The summed E-state index contributed by atoms with van der Waals surface area (Å²) in [6.07, 6.45) is -2.86. The first-order valence-corrected chi connectivity index (χ1v) is 6.53. The summed E-state index contributed by atoms with van der Waals surface area (Å²) < 4.78 is 41.4. The zero-order valence-electron chi connectivity index (χ0n) is 10.3. The largest absolute Gasteiger partial charge is 0.493 e. The molecule has 0 unspecified atom stereocenters. The number of alkyl halides is 3. The normalized spacial score (nSPS) is 15.6. The Labute approximate surface area is 114 Å². The van der Waals surface area contributed by atoms with E-state index in [0.717, 1.165) is 18.4 Å². The summed E-state index contributed by atoms with van der Waals surface area (Å²) in [5, 5.41) is 3.84. The summed E-state index contributed by atoms with van der Waals surface area (Å²) in [6, 6.07) is 5.47. The van der Waals surface area contributed by atoms with Crippen molar-refractivity contribution in [2.45, 2.75) is 38.0 Å². The van der Waals surface area contributed by atoms with Crippen LogP contribution in [0.25, 0.3) is 0 Å². The van der Waals surface area contributed by atoms with Gasteiger partial charge in [-0.25, -0.2) is 0 Å². The van der Waals surface area contributed by atoms with Gasteiger partial charge in [0.2, 0.25) is 0 Å². The zero-order valence-corrected chi connectivity index (χ0v) is 11.0. The van der Waals surface area contributed by atoms with E-state index in [1.165, 1.54) is 0 Å². The predicted octanol–water partition coefficient (Wildman–Crippen LogP) is 3.92. The van der Waals surface area contributed by atoms with Gasteiger partial charge >= 0.3 is 6.18 Å². The molecular formula is C13H15ClF3NO. The number of halogens is 4. The average molecular weight is 294 g/mol. The first kappa shape index (κ1) is 14.5. The van der Waals surface area contributed by atoms with Crippen LogP contribution < -0.4 is 10.1 Å². The molecule has 0 radical (unpaired) electrons. The highest BCUT2D eigenvalue weighted by Crippen LogP contribution is 2.26. The van der Waals surface area contributed by atoms with E-state index in [1.54, 1.807) is 18.2 Å². The third-order valence-electron chi connectivity index (χ3n) is 2.82. The smallest absolute Gasteiger partial charge is 0.392 e. The van der Waals surface area contributed by atoms with Crippen LogP contribution in [0.1, 0.15) is 24.8 Å². The molecule has 2 nitrogen and oxygen atoms in total. The standard InChI is InChI=1S/C13H15ClF3NO/c14-10-1-4-12(19-6-5-13(15,16)17)9(7-10)8-18-11-2-3-11/h1,4,7,11,18H,2-3,5-6,8H2. The second-order valence-corrected chi connectivity index (χ2v) is 5.06. The summed E-state index contributed by atoms with van der Waals surface area (Å²) in [5.74, 6) is 0.460. The predicted molar refractivity (Wildman–Crippen MR) is 67.5 cm³/mol. The summed E-state index contributed by atoms with van der Waals surface area (Å²) in [7, 11) is 0. The van der Waals surface area contributed by atoms with Gasteiger partial charge in [0.05, 0.1) is 13.0 Å². The molecule has 1 saturated carbocycles. The highest BCUT2D eigenvalue weighted by Gasteiger charge is 2.27. The Kier molecular flexibility index (Phi) is 4.58. The lowest BCUT2D eigenvalue weighted by molar-refractivity contribution is -0.139. The van der Waals surface area contributed by atoms with Crippen LogP contribution in [0.5, 0.6) is 5.75 Å². The van der Waals surface area contributed by atoms with Gasteiger partial charge in [0.15, 0.2) is 0 Å². The maximum Gasteiger partial charge on any atom is 0.392 e. The summed E-state index contributed by atoms with van der Waals surface area (Å²) in [5.41, 5.74) is 0.793. The molecule has 0 aliphatic heterocycles. The molecule has 0 bridgehead atoms. The Hall–Kier alpha value is -0.940. The van der Waals surface area contributed by atoms with E-state index in [9.17, 15) is 13.2 Å². The van der Waals surface area contributed by atoms with Crippen LogP contribution in [0.2, 0.25) is 5.02 Å². The fourth-order valence-corrected chi connectivity index (χ4v) is 1.84. The minimum atomic E-state index is -4.20. The Bertz CT molecular complexity index is 432. The highest BCUT2D eigenvalue weighted by molar-refractivity contribution is 6.30. The highest BCUT2D eigenvalue weighted by atomic mass is 35.5. The molecule has 0 spiro atoms. The van der Waals surface area contributed by atoms with E-state index in [4.69, 9.17) is 16.3 Å². The van der Waals surface area contributed by atoms with E-state index >= 15 is 0 Å². The second-order valence-electron chi connectivity index (χ2n) is 4.62. The Morgan fingerprint density at radius 1 is 1.32 bits per heavy atom. The lowest BCUT2D eigenvalue weighted by Gasteiger charge is -2.13. The quantitative estimate of drug-likeness (QED) is 0.858. The monoisotopic (exact) mass is 293 g/mol. The summed E-state index contributed by atoms with van der Waals surface area (Å²) in [6.45, 7) is 0.189. The van der Waals surface area contributed by atoms with Gasteiger partial charge in [0.25, 0.3) is 0 Å². The molecule has 1 aliphatic carbocycles. The Morgan fingerprint density at radius 2 is 2.05 bits per heavy atom. The number of ether oxygens (including phenoxy) is 1. The molecular weight excluding hydrogens is 279 g/mol.